The number of aliphatic imine (C=N–C) groups is 1. The molecule has 0 spiro atoms. The van der Waals surface area contributed by atoms with Crippen molar-refractivity contribution >= 4 is 18.1 Å². The molecule has 0 aromatic rings. The van der Waals surface area contributed by atoms with Gasteiger partial charge in [0.25, 0.3) is 0 Å². The van der Waals surface area contributed by atoms with Gasteiger partial charge in [-0.3, -0.25) is 5.41 Å². The summed E-state index contributed by atoms with van der Waals surface area (Å²) in [5.41, 5.74) is 5.46. The molecule has 8 nitrogen and oxygen atoms in total. The van der Waals surface area contributed by atoms with Crippen LogP contribution in [0.25, 0.3) is 0 Å². The fraction of sp³-hybridized carbons (Fsp3) is 0.571. The van der Waals surface area contributed by atoms with Crippen molar-refractivity contribution in [1.82, 2.24) is 9.80 Å². The molecular weight excluding hydrogens is 202 g/mol. The summed E-state index contributed by atoms with van der Waals surface area (Å²) in [5.74, 6) is 0.486. The van der Waals surface area contributed by atoms with Crippen LogP contribution in [0.15, 0.2) is 4.99 Å². The molecule has 0 bridgehead atoms. The first kappa shape index (κ1) is 15.5. The summed E-state index contributed by atoms with van der Waals surface area (Å²) in [5, 5.41) is 21.2. The second-order valence-electron chi connectivity index (χ2n) is 2.87. The van der Waals surface area contributed by atoms with Gasteiger partial charge in [0, 0.05) is 28.2 Å². The van der Waals surface area contributed by atoms with Gasteiger partial charge in [0.15, 0.2) is 5.96 Å². The maximum absolute atomic E-state index is 8.56. The molecular formula is C7H17N5O3. The Morgan fingerprint density at radius 1 is 1.20 bits per heavy atom. The Labute approximate surface area is 88.1 Å². The molecule has 0 heterocycles. The maximum atomic E-state index is 8.56. The molecule has 0 amide bonds. The minimum absolute atomic E-state index is 0.149. The molecule has 0 saturated carbocycles. The van der Waals surface area contributed by atoms with Crippen LogP contribution >= 0.6 is 0 Å². The summed E-state index contributed by atoms with van der Waals surface area (Å²) >= 11 is 0. The molecule has 0 aromatic carbocycles. The Bertz CT molecular complexity index is 245. The van der Waals surface area contributed by atoms with E-state index >= 15 is 0 Å². The lowest BCUT2D eigenvalue weighted by atomic mass is 10.7. The van der Waals surface area contributed by atoms with Crippen molar-refractivity contribution < 1.29 is 15.0 Å². The third kappa shape index (κ3) is 12.0. The fourth-order valence-electron chi connectivity index (χ4n) is 0.309. The van der Waals surface area contributed by atoms with E-state index < -0.39 is 6.16 Å². The zero-order valence-electron chi connectivity index (χ0n) is 9.22. The van der Waals surface area contributed by atoms with Gasteiger partial charge in [0.05, 0.1) is 0 Å². The zero-order chi connectivity index (χ0) is 12.6. The number of nitrogens with one attached hydrogen (secondary N) is 1. The van der Waals surface area contributed by atoms with E-state index in [4.69, 9.17) is 26.2 Å². The van der Waals surface area contributed by atoms with Crippen LogP contribution in [0.2, 0.25) is 0 Å². The SMILES string of the molecule is CN(C)C(=N)N=C(N)N(C)C.O=C(O)O. The standard InChI is InChI=1S/C6H15N5.CH2O3/c1-10(2)5(7)9-6(8)11(3)4;2-1(3)4/h1-4H3,(H3,7,8,9);(H2,2,3,4). The molecule has 0 unspecified atom stereocenters. The highest BCUT2D eigenvalue weighted by Gasteiger charge is 1.98. The number of carboxylic acid groups (broad SMARTS) is 2. The average molecular weight is 219 g/mol. The molecule has 0 atom stereocenters. The van der Waals surface area contributed by atoms with Gasteiger partial charge in [0.1, 0.15) is 0 Å². The van der Waals surface area contributed by atoms with Gasteiger partial charge in [-0.15, -0.1) is 0 Å². The van der Waals surface area contributed by atoms with Crippen molar-refractivity contribution in [1.29, 1.82) is 5.41 Å². The van der Waals surface area contributed by atoms with Crippen LogP contribution in [-0.2, 0) is 0 Å². The summed E-state index contributed by atoms with van der Waals surface area (Å²) in [4.78, 5) is 15.6. The lowest BCUT2D eigenvalue weighted by molar-refractivity contribution is 0.137. The molecule has 15 heavy (non-hydrogen) atoms. The quantitative estimate of drug-likeness (QED) is 0.324. The van der Waals surface area contributed by atoms with Crippen LogP contribution in [0.3, 0.4) is 0 Å². The molecule has 0 radical (unpaired) electrons. The summed E-state index contributed by atoms with van der Waals surface area (Å²) in [6, 6.07) is 0. The third-order valence-electron chi connectivity index (χ3n) is 1.10. The van der Waals surface area contributed by atoms with E-state index in [0.29, 0.717) is 5.96 Å². The number of carbonyl (C=O) groups is 1. The van der Waals surface area contributed by atoms with Crippen LogP contribution in [0.1, 0.15) is 0 Å². The van der Waals surface area contributed by atoms with E-state index in [1.54, 1.807) is 38.0 Å². The molecule has 0 fully saturated rings. The predicted octanol–water partition coefficient (Wildman–Crippen LogP) is -0.419. The van der Waals surface area contributed by atoms with E-state index in [-0.39, 0.29) is 5.96 Å². The Morgan fingerprint density at radius 3 is 1.73 bits per heavy atom. The lowest BCUT2D eigenvalue weighted by Gasteiger charge is -2.13. The van der Waals surface area contributed by atoms with Crippen LogP contribution < -0.4 is 5.73 Å². The molecule has 88 valence electrons. The summed E-state index contributed by atoms with van der Waals surface area (Å²) in [6.45, 7) is 0. The summed E-state index contributed by atoms with van der Waals surface area (Å²) < 4.78 is 0. The Kier molecular flexibility index (Phi) is 7.65. The number of hydrogen-bond acceptors (Lipinski definition) is 2. The van der Waals surface area contributed by atoms with Crippen molar-refractivity contribution in [3.8, 4) is 0 Å². The highest BCUT2D eigenvalue weighted by atomic mass is 16.6. The van der Waals surface area contributed by atoms with E-state index in [0.717, 1.165) is 0 Å². The molecule has 8 heteroatoms. The average Bonchev–Trinajstić information content (AvgIpc) is 2.02. The second-order valence-corrected chi connectivity index (χ2v) is 2.87. The largest absolute Gasteiger partial charge is 0.503 e. The highest BCUT2D eigenvalue weighted by Crippen LogP contribution is 1.83. The topological polar surface area (TPSA) is 126 Å². The van der Waals surface area contributed by atoms with E-state index in [1.165, 1.54) is 0 Å². The van der Waals surface area contributed by atoms with Crippen molar-refractivity contribution in [2.24, 2.45) is 10.7 Å². The van der Waals surface area contributed by atoms with Crippen LogP contribution in [-0.4, -0.2) is 66.3 Å². The number of nitrogens with zero attached hydrogens (tertiary/aromatic N) is 3. The van der Waals surface area contributed by atoms with Crippen molar-refractivity contribution in [2.45, 2.75) is 0 Å². The predicted molar refractivity (Wildman–Crippen MR) is 57.4 cm³/mol. The zero-order valence-corrected chi connectivity index (χ0v) is 9.22. The van der Waals surface area contributed by atoms with Gasteiger partial charge in [-0.1, -0.05) is 0 Å². The smallest absolute Gasteiger partial charge is 0.450 e. The monoisotopic (exact) mass is 219 g/mol. The molecule has 0 saturated heterocycles. The second kappa shape index (κ2) is 7.42. The molecule has 0 aliphatic heterocycles. The first-order valence-electron chi connectivity index (χ1n) is 3.87. The van der Waals surface area contributed by atoms with Gasteiger partial charge >= 0.3 is 6.16 Å². The molecule has 0 rings (SSSR count). The van der Waals surface area contributed by atoms with E-state index in [2.05, 4.69) is 4.99 Å². The Morgan fingerprint density at radius 2 is 1.53 bits per heavy atom. The van der Waals surface area contributed by atoms with Gasteiger partial charge in [-0.25, -0.2) is 4.79 Å². The van der Waals surface area contributed by atoms with Crippen LogP contribution in [0.4, 0.5) is 4.79 Å². The van der Waals surface area contributed by atoms with Crippen molar-refractivity contribution in [3.63, 3.8) is 0 Å². The van der Waals surface area contributed by atoms with Crippen LogP contribution in [0.5, 0.6) is 0 Å². The van der Waals surface area contributed by atoms with Crippen molar-refractivity contribution in [2.75, 3.05) is 28.2 Å². The molecule has 0 aliphatic carbocycles. The number of nitrogens with two attached hydrogens (primary N) is 1. The molecule has 0 aliphatic rings. The minimum Gasteiger partial charge on any atom is -0.450 e. The minimum atomic E-state index is -1.83. The number of guanidine groups is 2. The van der Waals surface area contributed by atoms with Crippen LogP contribution in [0, 0.1) is 5.41 Å². The Hall–Kier alpha value is -1.99. The third-order valence-corrected chi connectivity index (χ3v) is 1.10. The summed E-state index contributed by atoms with van der Waals surface area (Å²) in [6.07, 6.45) is -1.83. The van der Waals surface area contributed by atoms with E-state index in [9.17, 15) is 0 Å². The fourth-order valence-corrected chi connectivity index (χ4v) is 0.309. The van der Waals surface area contributed by atoms with E-state index in [1.807, 2.05) is 0 Å². The first-order chi connectivity index (χ1) is 6.68. The molecule has 5 N–H and O–H groups in total. The molecule has 0 aromatic heterocycles. The van der Waals surface area contributed by atoms with Gasteiger partial charge < -0.3 is 25.7 Å². The van der Waals surface area contributed by atoms with Crippen molar-refractivity contribution in [3.05, 3.63) is 0 Å². The first-order valence-corrected chi connectivity index (χ1v) is 3.87. The number of rotatable bonds is 0. The normalized spacial score (nSPS) is 9.73. The highest BCUT2D eigenvalue weighted by molar-refractivity contribution is 5.92. The summed E-state index contributed by atoms with van der Waals surface area (Å²) in [7, 11) is 7.05. The lowest BCUT2D eigenvalue weighted by Crippen LogP contribution is -2.33. The van der Waals surface area contributed by atoms with Gasteiger partial charge in [-0.05, 0) is 0 Å². The van der Waals surface area contributed by atoms with Gasteiger partial charge in [0.2, 0.25) is 5.96 Å². The maximum Gasteiger partial charge on any atom is 0.503 e. The van der Waals surface area contributed by atoms with Gasteiger partial charge in [-0.2, -0.15) is 4.99 Å². The number of hydrogen-bond donors (Lipinski definition) is 4. The Balaban J connectivity index is 0.